The predicted octanol–water partition coefficient (Wildman–Crippen LogP) is 13.1. The van der Waals surface area contributed by atoms with Crippen molar-refractivity contribution in [3.8, 4) is 77.9 Å². The maximum Gasteiger partial charge on any atom is -0.00108 e. The second-order valence-electron chi connectivity index (χ2n) is 15.0. The Morgan fingerprint density at radius 3 is 1.59 bits per heavy atom. The zero-order valence-corrected chi connectivity index (χ0v) is 29.7. The first-order chi connectivity index (χ1) is 26.8. The van der Waals surface area contributed by atoms with Gasteiger partial charge < -0.3 is 0 Å². The van der Waals surface area contributed by atoms with Gasteiger partial charge in [-0.1, -0.05) is 176 Å². The minimum Gasteiger partial charge on any atom is -0.0757 e. The van der Waals surface area contributed by atoms with Gasteiger partial charge in [0.1, 0.15) is 0 Å². The highest BCUT2D eigenvalue weighted by Crippen LogP contribution is 2.53. The maximum absolute atomic E-state index is 2.52. The molecule has 0 aliphatic heterocycles. The molecule has 0 spiro atoms. The smallest absolute Gasteiger partial charge is 0.00108 e. The van der Waals surface area contributed by atoms with Gasteiger partial charge in [-0.2, -0.15) is 0 Å². The zero-order valence-electron chi connectivity index (χ0n) is 29.7. The van der Waals surface area contributed by atoms with Crippen LogP contribution in [0.2, 0.25) is 0 Å². The standard InChI is InChI=1S/C54H34/c1-4-14-33(15-5-1)37-28-30-45-48-32-36(26-27-39(48)42-24-12-22-40(37)51(42)45)38-29-31-47-52-41(38)23-13-25-46(52)53-49(34-16-6-2-7-17-34)43-20-10-11-21-44(43)50(54(47)53)35-18-8-3-9-19-35/h1-12,14-24,26-32H,13,25H2. The summed E-state index contributed by atoms with van der Waals surface area (Å²) >= 11 is 0. The van der Waals surface area contributed by atoms with Crippen LogP contribution in [-0.2, 0) is 0 Å². The summed E-state index contributed by atoms with van der Waals surface area (Å²) in [6.45, 7) is 0. The number of fused-ring (bicyclic) bond motifs is 7. The van der Waals surface area contributed by atoms with E-state index in [4.69, 9.17) is 0 Å². The van der Waals surface area contributed by atoms with E-state index in [0.717, 1.165) is 12.8 Å². The highest BCUT2D eigenvalue weighted by molar-refractivity contribution is 6.20. The lowest BCUT2D eigenvalue weighted by molar-refractivity contribution is 1.09. The van der Waals surface area contributed by atoms with Crippen molar-refractivity contribution in [3.05, 3.63) is 192 Å². The predicted molar refractivity (Wildman–Crippen MR) is 229 cm³/mol. The Hall–Kier alpha value is -6.76. The van der Waals surface area contributed by atoms with E-state index in [-0.39, 0.29) is 0 Å². The van der Waals surface area contributed by atoms with Gasteiger partial charge in [0.2, 0.25) is 0 Å². The molecule has 3 aliphatic carbocycles. The summed E-state index contributed by atoms with van der Waals surface area (Å²) < 4.78 is 0. The Morgan fingerprint density at radius 1 is 0.315 bits per heavy atom. The van der Waals surface area contributed by atoms with Crippen LogP contribution < -0.4 is 10.4 Å². The van der Waals surface area contributed by atoms with Crippen LogP contribution in [-0.4, -0.2) is 0 Å². The average Bonchev–Trinajstić information content (AvgIpc) is 3.75. The molecule has 0 amide bonds. The van der Waals surface area contributed by atoms with Gasteiger partial charge in [-0.05, 0) is 140 Å². The van der Waals surface area contributed by atoms with Gasteiger partial charge >= 0.3 is 0 Å². The maximum atomic E-state index is 2.52. The molecule has 0 fully saturated rings. The molecule has 12 rings (SSSR count). The third-order valence-electron chi connectivity index (χ3n) is 12.2. The van der Waals surface area contributed by atoms with Gasteiger partial charge in [0, 0.05) is 0 Å². The summed E-state index contributed by atoms with van der Waals surface area (Å²) in [4.78, 5) is 0. The second-order valence-corrected chi connectivity index (χ2v) is 15.0. The summed E-state index contributed by atoms with van der Waals surface area (Å²) in [5.41, 5.74) is 21.4. The van der Waals surface area contributed by atoms with Crippen LogP contribution in [0.1, 0.15) is 18.4 Å². The van der Waals surface area contributed by atoms with Crippen LogP contribution in [0, 0.1) is 0 Å². The number of rotatable bonds is 4. The van der Waals surface area contributed by atoms with Gasteiger partial charge in [0.25, 0.3) is 0 Å². The first-order valence-corrected chi connectivity index (χ1v) is 19.2. The monoisotopic (exact) mass is 682 g/mol. The quantitative estimate of drug-likeness (QED) is 0.173. The molecule has 0 saturated carbocycles. The van der Waals surface area contributed by atoms with E-state index in [2.05, 4.69) is 182 Å². The molecule has 0 heterocycles. The molecule has 0 bridgehead atoms. The highest BCUT2D eigenvalue weighted by atomic mass is 14.3. The van der Waals surface area contributed by atoms with Crippen LogP contribution >= 0.6 is 0 Å². The second kappa shape index (κ2) is 11.4. The van der Waals surface area contributed by atoms with Crippen LogP contribution in [0.4, 0.5) is 0 Å². The van der Waals surface area contributed by atoms with Crippen molar-refractivity contribution in [2.24, 2.45) is 0 Å². The van der Waals surface area contributed by atoms with Crippen molar-refractivity contribution in [3.63, 3.8) is 0 Å². The molecule has 0 nitrogen and oxygen atoms in total. The summed E-state index contributed by atoms with van der Waals surface area (Å²) in [6, 6.07) is 65.5. The normalized spacial score (nSPS) is 13.1. The van der Waals surface area contributed by atoms with Gasteiger partial charge in [-0.25, -0.2) is 0 Å². The molecular weight excluding hydrogens is 649 g/mol. The van der Waals surface area contributed by atoms with E-state index in [0.29, 0.717) is 0 Å². The molecule has 0 radical (unpaired) electrons. The number of hydrogen-bond acceptors (Lipinski definition) is 0. The lowest BCUT2D eigenvalue weighted by Crippen LogP contribution is -2.31. The van der Waals surface area contributed by atoms with E-state index < -0.39 is 0 Å². The van der Waals surface area contributed by atoms with Crippen LogP contribution in [0.25, 0.3) is 111 Å². The lowest BCUT2D eigenvalue weighted by atomic mass is 9.81. The Morgan fingerprint density at radius 2 is 0.870 bits per heavy atom. The van der Waals surface area contributed by atoms with Gasteiger partial charge in [-0.15, -0.1) is 0 Å². The number of hydrogen-bond donors (Lipinski definition) is 0. The molecule has 9 aromatic rings. The van der Waals surface area contributed by atoms with Gasteiger partial charge in [0.15, 0.2) is 0 Å². The van der Waals surface area contributed by atoms with E-state index >= 15 is 0 Å². The fourth-order valence-electron chi connectivity index (χ4n) is 10.1. The summed E-state index contributed by atoms with van der Waals surface area (Å²) in [6.07, 6.45) is 4.58. The van der Waals surface area contributed by atoms with Crippen molar-refractivity contribution in [2.75, 3.05) is 0 Å². The Kier molecular flexibility index (Phi) is 6.27. The zero-order chi connectivity index (χ0) is 35.3. The molecule has 54 heavy (non-hydrogen) atoms. The third kappa shape index (κ3) is 4.08. The lowest BCUT2D eigenvalue weighted by Gasteiger charge is -2.21. The van der Waals surface area contributed by atoms with E-state index in [1.165, 1.54) is 121 Å². The summed E-state index contributed by atoms with van der Waals surface area (Å²) in [5.74, 6) is 0. The molecular formula is C54H34. The van der Waals surface area contributed by atoms with Crippen LogP contribution in [0.3, 0.4) is 0 Å². The minimum absolute atomic E-state index is 1.03. The summed E-state index contributed by atoms with van der Waals surface area (Å²) in [5, 5.41) is 8.13. The molecule has 0 saturated heterocycles. The summed E-state index contributed by atoms with van der Waals surface area (Å²) in [7, 11) is 0. The Labute approximate surface area is 314 Å². The first kappa shape index (κ1) is 29.8. The number of benzene rings is 9. The van der Waals surface area contributed by atoms with Crippen LogP contribution in [0.5, 0.6) is 0 Å². The van der Waals surface area contributed by atoms with Crippen molar-refractivity contribution in [2.45, 2.75) is 12.8 Å². The molecule has 0 unspecified atom stereocenters. The molecule has 0 heteroatoms. The SMILES string of the molecule is C1=c2c(-c3ccc4c(c3)-c3ccc(-c5ccccc5)c5cccc-4c35)ccc3c2=C(CC1)c1c-3c(-c2ccccc2)c2ccccc2c1-c1ccccc1. The topological polar surface area (TPSA) is 0 Å². The van der Waals surface area contributed by atoms with Crippen molar-refractivity contribution < 1.29 is 0 Å². The molecule has 250 valence electrons. The first-order valence-electron chi connectivity index (χ1n) is 19.2. The van der Waals surface area contributed by atoms with Gasteiger partial charge in [-0.3, -0.25) is 0 Å². The van der Waals surface area contributed by atoms with Crippen molar-refractivity contribution in [1.29, 1.82) is 0 Å². The molecule has 0 aromatic heterocycles. The molecule has 0 N–H and O–H groups in total. The third-order valence-corrected chi connectivity index (χ3v) is 12.2. The highest BCUT2D eigenvalue weighted by Gasteiger charge is 2.32. The molecule has 3 aliphatic rings. The fraction of sp³-hybridized carbons (Fsp3) is 0.0370. The van der Waals surface area contributed by atoms with Gasteiger partial charge in [0.05, 0.1) is 0 Å². The van der Waals surface area contributed by atoms with E-state index in [1.54, 1.807) is 0 Å². The Bertz CT molecular complexity index is 3170. The Balaban J connectivity index is 1.11. The largest absolute Gasteiger partial charge is 0.0757 e. The molecule has 9 aromatic carbocycles. The van der Waals surface area contributed by atoms with E-state index in [1.807, 2.05) is 0 Å². The van der Waals surface area contributed by atoms with E-state index in [9.17, 15) is 0 Å². The average molecular weight is 683 g/mol. The molecule has 0 atom stereocenters. The van der Waals surface area contributed by atoms with Crippen LogP contribution in [0.15, 0.2) is 176 Å². The van der Waals surface area contributed by atoms with Crippen molar-refractivity contribution >= 4 is 33.2 Å². The minimum atomic E-state index is 1.03. The fourth-order valence-corrected chi connectivity index (χ4v) is 10.1. The van der Waals surface area contributed by atoms with Crippen molar-refractivity contribution in [1.82, 2.24) is 0 Å².